The summed E-state index contributed by atoms with van der Waals surface area (Å²) in [5.41, 5.74) is 0.990. The quantitative estimate of drug-likeness (QED) is 0.819. The molecular weight excluding hydrogens is 204 g/mol. The molecule has 0 aliphatic heterocycles. The number of rotatable bonds is 2. The highest BCUT2D eigenvalue weighted by Crippen LogP contribution is 2.11. The van der Waals surface area contributed by atoms with E-state index in [1.165, 1.54) is 0 Å². The van der Waals surface area contributed by atoms with Gasteiger partial charge in [-0.25, -0.2) is 9.89 Å². The number of hydrogen-bond acceptors (Lipinski definition) is 3. The van der Waals surface area contributed by atoms with E-state index in [1.54, 1.807) is 12.1 Å². The molecule has 5 heteroatoms. The van der Waals surface area contributed by atoms with Crippen LogP contribution in [0.15, 0.2) is 33.5 Å². The zero-order chi connectivity index (χ0) is 9.97. The average Bonchev–Trinajstić information content (AvgIpc) is 2.56. The normalized spacial score (nSPS) is 10.4. The minimum Gasteiger partial charge on any atom is -0.392 e. The fourth-order valence-corrected chi connectivity index (χ4v) is 1.24. The largest absolute Gasteiger partial charge is 0.434 e. The zero-order valence-corrected chi connectivity index (χ0v) is 7.91. The van der Waals surface area contributed by atoms with Crippen LogP contribution in [0.1, 0.15) is 11.5 Å². The molecule has 0 fully saturated rings. The van der Waals surface area contributed by atoms with Gasteiger partial charge >= 0.3 is 5.76 Å². The summed E-state index contributed by atoms with van der Waals surface area (Å²) in [7, 11) is 0. The Morgan fingerprint density at radius 1 is 1.36 bits per heavy atom. The molecule has 1 aromatic carbocycles. The lowest BCUT2D eigenvalue weighted by Gasteiger charge is -1.95. The van der Waals surface area contributed by atoms with Crippen molar-refractivity contribution >= 4 is 11.6 Å². The summed E-state index contributed by atoms with van der Waals surface area (Å²) in [6.45, 7) is 0. The molecule has 0 saturated carbocycles. The first kappa shape index (κ1) is 9.02. The van der Waals surface area contributed by atoms with Gasteiger partial charge in [-0.1, -0.05) is 23.7 Å². The number of halogens is 1. The van der Waals surface area contributed by atoms with Crippen LogP contribution in [0.3, 0.4) is 0 Å². The van der Waals surface area contributed by atoms with Crippen molar-refractivity contribution < 1.29 is 4.42 Å². The molecule has 2 rings (SSSR count). The van der Waals surface area contributed by atoms with E-state index in [1.807, 2.05) is 12.1 Å². The second-order valence-corrected chi connectivity index (χ2v) is 3.25. The third-order valence-corrected chi connectivity index (χ3v) is 2.00. The van der Waals surface area contributed by atoms with E-state index in [0.29, 0.717) is 17.3 Å². The maximum Gasteiger partial charge on any atom is 0.434 e. The molecule has 0 unspecified atom stereocenters. The number of H-pyrrole nitrogens is 1. The van der Waals surface area contributed by atoms with Gasteiger partial charge in [-0.3, -0.25) is 0 Å². The second-order valence-electron chi connectivity index (χ2n) is 2.81. The van der Waals surface area contributed by atoms with Crippen molar-refractivity contribution in [3.05, 3.63) is 51.3 Å². The maximum absolute atomic E-state index is 10.6. The molecule has 0 amide bonds. The highest BCUT2D eigenvalue weighted by molar-refractivity contribution is 6.30. The van der Waals surface area contributed by atoms with Gasteiger partial charge in [0.1, 0.15) is 0 Å². The van der Waals surface area contributed by atoms with E-state index in [2.05, 4.69) is 10.2 Å². The molecular formula is C9H7ClN2O2. The van der Waals surface area contributed by atoms with Gasteiger partial charge in [0.05, 0.1) is 6.42 Å². The van der Waals surface area contributed by atoms with E-state index in [-0.39, 0.29) is 0 Å². The molecule has 0 atom stereocenters. The van der Waals surface area contributed by atoms with Gasteiger partial charge in [-0.2, -0.15) is 0 Å². The van der Waals surface area contributed by atoms with E-state index < -0.39 is 5.76 Å². The van der Waals surface area contributed by atoms with Crippen LogP contribution in [0, 0.1) is 0 Å². The number of aromatic nitrogens is 2. The number of aromatic amines is 1. The molecule has 72 valence electrons. The van der Waals surface area contributed by atoms with Gasteiger partial charge in [0, 0.05) is 5.02 Å². The Bertz CT molecular complexity index is 472. The molecule has 1 aromatic heterocycles. The van der Waals surface area contributed by atoms with Gasteiger partial charge in [-0.05, 0) is 17.7 Å². The Kier molecular flexibility index (Phi) is 2.37. The van der Waals surface area contributed by atoms with E-state index in [0.717, 1.165) is 5.56 Å². The summed E-state index contributed by atoms with van der Waals surface area (Å²) in [6, 6.07) is 7.28. The zero-order valence-electron chi connectivity index (χ0n) is 7.16. The molecule has 0 aliphatic carbocycles. The van der Waals surface area contributed by atoms with Crippen molar-refractivity contribution in [1.82, 2.24) is 10.2 Å². The predicted octanol–water partition coefficient (Wildman–Crippen LogP) is 1.61. The Morgan fingerprint density at radius 3 is 2.64 bits per heavy atom. The first-order valence-corrected chi connectivity index (χ1v) is 4.41. The average molecular weight is 211 g/mol. The van der Waals surface area contributed by atoms with Crippen molar-refractivity contribution in [2.45, 2.75) is 6.42 Å². The van der Waals surface area contributed by atoms with Crippen LogP contribution < -0.4 is 5.76 Å². The summed E-state index contributed by atoms with van der Waals surface area (Å²) in [5.74, 6) is -0.161. The topological polar surface area (TPSA) is 58.9 Å². The van der Waals surface area contributed by atoms with Crippen molar-refractivity contribution in [3.8, 4) is 0 Å². The van der Waals surface area contributed by atoms with Gasteiger partial charge in [0.2, 0.25) is 5.89 Å². The van der Waals surface area contributed by atoms with E-state index >= 15 is 0 Å². The van der Waals surface area contributed by atoms with E-state index in [4.69, 9.17) is 16.0 Å². The SMILES string of the molecule is O=c1[nH]nc(Cc2ccc(Cl)cc2)o1. The van der Waals surface area contributed by atoms with Gasteiger partial charge in [-0.15, -0.1) is 5.10 Å². The number of benzene rings is 1. The fraction of sp³-hybridized carbons (Fsp3) is 0.111. The first-order valence-electron chi connectivity index (χ1n) is 4.03. The minimum atomic E-state index is -0.533. The highest BCUT2D eigenvalue weighted by Gasteiger charge is 2.02. The molecule has 0 spiro atoms. The highest BCUT2D eigenvalue weighted by atomic mass is 35.5. The third-order valence-electron chi connectivity index (χ3n) is 1.75. The summed E-state index contributed by atoms with van der Waals surface area (Å²) in [4.78, 5) is 10.6. The molecule has 1 N–H and O–H groups in total. The number of nitrogens with one attached hydrogen (secondary N) is 1. The van der Waals surface area contributed by atoms with Crippen LogP contribution in [-0.4, -0.2) is 10.2 Å². The van der Waals surface area contributed by atoms with Crippen molar-refractivity contribution in [1.29, 1.82) is 0 Å². The van der Waals surface area contributed by atoms with Gasteiger partial charge < -0.3 is 4.42 Å². The standard InChI is InChI=1S/C9H7ClN2O2/c10-7-3-1-6(2-4-7)5-8-11-12-9(13)14-8/h1-4H,5H2,(H,12,13). The molecule has 0 saturated heterocycles. The third kappa shape index (κ3) is 2.03. The van der Waals surface area contributed by atoms with Crippen LogP contribution in [0.2, 0.25) is 5.02 Å². The van der Waals surface area contributed by atoms with Crippen LogP contribution in [-0.2, 0) is 6.42 Å². The lowest BCUT2D eigenvalue weighted by molar-refractivity contribution is 0.471. The molecule has 0 radical (unpaired) electrons. The fourth-order valence-electron chi connectivity index (χ4n) is 1.11. The Hall–Kier alpha value is -1.55. The Balaban J connectivity index is 2.19. The van der Waals surface area contributed by atoms with Crippen molar-refractivity contribution in [2.75, 3.05) is 0 Å². The molecule has 4 nitrogen and oxygen atoms in total. The molecule has 0 bridgehead atoms. The van der Waals surface area contributed by atoms with E-state index in [9.17, 15) is 4.79 Å². The number of hydrogen-bond donors (Lipinski definition) is 1. The summed E-state index contributed by atoms with van der Waals surface area (Å²) in [6.07, 6.45) is 0.482. The van der Waals surface area contributed by atoms with Crippen LogP contribution in [0.25, 0.3) is 0 Å². The molecule has 2 aromatic rings. The van der Waals surface area contributed by atoms with Crippen LogP contribution >= 0.6 is 11.6 Å². The van der Waals surface area contributed by atoms with Crippen molar-refractivity contribution in [3.63, 3.8) is 0 Å². The van der Waals surface area contributed by atoms with Gasteiger partial charge in [0.15, 0.2) is 0 Å². The van der Waals surface area contributed by atoms with Crippen molar-refractivity contribution in [2.24, 2.45) is 0 Å². The Labute approximate surface area is 84.5 Å². The number of nitrogens with zero attached hydrogens (tertiary/aromatic N) is 1. The first-order chi connectivity index (χ1) is 6.74. The monoisotopic (exact) mass is 210 g/mol. The second kappa shape index (κ2) is 3.67. The lowest BCUT2D eigenvalue weighted by Crippen LogP contribution is -1.93. The van der Waals surface area contributed by atoms with Crippen LogP contribution in [0.5, 0.6) is 0 Å². The molecule has 14 heavy (non-hydrogen) atoms. The molecule has 1 heterocycles. The summed E-state index contributed by atoms with van der Waals surface area (Å²) in [5, 5.41) is 6.58. The lowest BCUT2D eigenvalue weighted by atomic mass is 10.1. The summed E-state index contributed by atoms with van der Waals surface area (Å²) < 4.78 is 4.76. The minimum absolute atomic E-state index is 0.373. The summed E-state index contributed by atoms with van der Waals surface area (Å²) >= 11 is 5.72. The Morgan fingerprint density at radius 2 is 2.07 bits per heavy atom. The molecule has 0 aliphatic rings. The predicted molar refractivity (Wildman–Crippen MR) is 51.4 cm³/mol. The smallest absolute Gasteiger partial charge is 0.392 e. The maximum atomic E-state index is 10.6. The van der Waals surface area contributed by atoms with Crippen LogP contribution in [0.4, 0.5) is 0 Å². The van der Waals surface area contributed by atoms with Gasteiger partial charge in [0.25, 0.3) is 0 Å².